The van der Waals surface area contributed by atoms with E-state index in [2.05, 4.69) is 13.8 Å². The molecule has 26 heteroatoms. The predicted molar refractivity (Wildman–Crippen MR) is 252 cm³/mol. The van der Waals surface area contributed by atoms with E-state index in [0.717, 1.165) is 64.2 Å². The van der Waals surface area contributed by atoms with E-state index in [1.807, 2.05) is 0 Å². The lowest BCUT2D eigenvalue weighted by atomic mass is 9.97. The average molecular weight is 1080 g/mol. The zero-order valence-electron chi connectivity index (χ0n) is 42.7. The van der Waals surface area contributed by atoms with Crippen molar-refractivity contribution >= 4 is 0 Å². The van der Waals surface area contributed by atoms with E-state index in [-0.39, 0.29) is 13.2 Å². The van der Waals surface area contributed by atoms with Gasteiger partial charge in [-0.05, 0) is 12.8 Å². The van der Waals surface area contributed by atoms with Crippen molar-refractivity contribution in [3.8, 4) is 0 Å². The van der Waals surface area contributed by atoms with Crippen LogP contribution in [0.5, 0.6) is 0 Å². The molecule has 8 unspecified atom stereocenters. The lowest BCUT2D eigenvalue weighted by Crippen LogP contribution is -2.63. The summed E-state index contributed by atoms with van der Waals surface area (Å²) in [6.07, 6.45) is -30.7. The van der Waals surface area contributed by atoms with Crippen molar-refractivity contribution in [2.75, 3.05) is 52.9 Å². The van der Waals surface area contributed by atoms with Crippen molar-refractivity contribution in [2.24, 2.45) is 0 Å². The van der Waals surface area contributed by atoms with Gasteiger partial charge < -0.3 is 129 Å². The molecule has 0 aromatic carbocycles. The summed E-state index contributed by atoms with van der Waals surface area (Å²) in [4.78, 5) is 0. The van der Waals surface area contributed by atoms with E-state index < -0.39 is 187 Å². The lowest BCUT2D eigenvalue weighted by Gasteiger charge is -2.46. The molecule has 4 aliphatic rings. The standard InChI is InChI=1S/C48H90O26/c1-3-5-7-9-11-13-15-17-65-43(29(73-47-41(63)37(59)33(55)27(21-51)71-47)23-67-45-39(61)35(57)31(53)25(19-49)69-45)44(66-18-16-14-12-10-8-6-4-2)30(74-48-42(64)38(60)34(56)28(22-52)72-48)24-68-46-40(62)36(58)32(54)26(20-50)70-46/h25-64H,3-24H2,1-2H3/t25?,26?,27?,28?,29-,30-,31+,32+,33+,34+,35-,36-,37-,38-,39?,40?,41?,42?,43-,44-,45+,46+,47-,48-/m0/s1. The fourth-order valence-corrected chi connectivity index (χ4v) is 9.30. The van der Waals surface area contributed by atoms with Gasteiger partial charge in [0.1, 0.15) is 122 Å². The highest BCUT2D eigenvalue weighted by molar-refractivity contribution is 4.96. The van der Waals surface area contributed by atoms with Gasteiger partial charge in [-0.3, -0.25) is 0 Å². The summed E-state index contributed by atoms with van der Waals surface area (Å²) >= 11 is 0. The summed E-state index contributed by atoms with van der Waals surface area (Å²) in [5.74, 6) is 0. The maximum Gasteiger partial charge on any atom is 0.187 e. The fraction of sp³-hybridized carbons (Fsp3) is 1.00. The molecule has 26 nitrogen and oxygen atoms in total. The van der Waals surface area contributed by atoms with Crippen LogP contribution >= 0.6 is 0 Å². The molecule has 0 aromatic heterocycles. The molecule has 24 atom stereocenters. The Hall–Kier alpha value is -1.04. The largest absolute Gasteiger partial charge is 0.394 e. The molecule has 4 heterocycles. The molecule has 0 amide bonds. The Labute approximate surface area is 432 Å². The molecule has 74 heavy (non-hydrogen) atoms. The Kier molecular flexibility index (Phi) is 30.2. The molecule has 0 spiro atoms. The molecule has 0 saturated carbocycles. The molecule has 4 saturated heterocycles. The third-order valence-corrected chi connectivity index (χ3v) is 14.0. The Bertz CT molecular complexity index is 1350. The summed E-state index contributed by atoms with van der Waals surface area (Å²) in [6, 6.07) is 0. The quantitative estimate of drug-likeness (QED) is 0.0265. The summed E-state index contributed by atoms with van der Waals surface area (Å²) in [5, 5.41) is 171. The Morgan fingerprint density at radius 2 is 0.581 bits per heavy atom. The van der Waals surface area contributed by atoms with Crippen LogP contribution < -0.4 is 0 Å². The van der Waals surface area contributed by atoms with Gasteiger partial charge in [0.05, 0.1) is 39.6 Å². The summed E-state index contributed by atoms with van der Waals surface area (Å²) in [5.41, 5.74) is 0. The van der Waals surface area contributed by atoms with Crippen molar-refractivity contribution < 1.29 is 129 Å². The number of aliphatic hydroxyl groups excluding tert-OH is 16. The highest BCUT2D eigenvalue weighted by Crippen LogP contribution is 2.32. The van der Waals surface area contributed by atoms with Gasteiger partial charge in [0, 0.05) is 13.2 Å². The number of hydrogen-bond acceptors (Lipinski definition) is 26. The van der Waals surface area contributed by atoms with Crippen LogP contribution in [0.3, 0.4) is 0 Å². The number of unbranched alkanes of at least 4 members (excludes halogenated alkanes) is 12. The molecule has 4 fully saturated rings. The van der Waals surface area contributed by atoms with Crippen molar-refractivity contribution in [3.63, 3.8) is 0 Å². The van der Waals surface area contributed by atoms with Crippen molar-refractivity contribution in [1.29, 1.82) is 0 Å². The van der Waals surface area contributed by atoms with Crippen LogP contribution in [0.25, 0.3) is 0 Å². The smallest absolute Gasteiger partial charge is 0.187 e. The second kappa shape index (κ2) is 34.2. The molecule has 0 aromatic rings. The van der Waals surface area contributed by atoms with Crippen molar-refractivity contribution in [3.05, 3.63) is 0 Å². The van der Waals surface area contributed by atoms with Gasteiger partial charge in [0.25, 0.3) is 0 Å². The van der Waals surface area contributed by atoms with Gasteiger partial charge in [-0.1, -0.05) is 90.9 Å². The van der Waals surface area contributed by atoms with Gasteiger partial charge in [0.15, 0.2) is 25.2 Å². The second-order valence-electron chi connectivity index (χ2n) is 19.7. The fourth-order valence-electron chi connectivity index (χ4n) is 9.30. The molecule has 0 aliphatic carbocycles. The van der Waals surface area contributed by atoms with Crippen LogP contribution in [0.15, 0.2) is 0 Å². The molecule has 4 aliphatic heterocycles. The van der Waals surface area contributed by atoms with Crippen LogP contribution in [-0.4, -0.2) is 282 Å². The maximum atomic E-state index is 11.3. The van der Waals surface area contributed by atoms with Gasteiger partial charge in [-0.25, -0.2) is 0 Å². The van der Waals surface area contributed by atoms with Gasteiger partial charge >= 0.3 is 0 Å². The average Bonchev–Trinajstić information content (AvgIpc) is 3.40. The number of aliphatic hydroxyl groups is 16. The third-order valence-electron chi connectivity index (χ3n) is 14.0. The van der Waals surface area contributed by atoms with Crippen LogP contribution in [0.2, 0.25) is 0 Å². The molecule has 0 bridgehead atoms. The SMILES string of the molecule is CCCCCCCCCO[C@H]([C@@H](OCCCCCCCCC)[C@H](CO[C@@H]1OC(CO)[C@@H](O)[C@H](O)C1O)O[C@@H]1OC(CO)[C@@H](O)[C@H](O)C1O)[C@H](CO[C@@H]1OC(CO)[C@@H](O)[C@H](O)C1O)O[C@@H]1OC(CO)[C@@H](O)[C@H](O)C1O. The van der Waals surface area contributed by atoms with Crippen LogP contribution in [0.1, 0.15) is 104 Å². The van der Waals surface area contributed by atoms with E-state index in [1.54, 1.807) is 0 Å². The summed E-state index contributed by atoms with van der Waals surface area (Å²) in [7, 11) is 0. The monoisotopic (exact) mass is 1080 g/mol. The first-order valence-electron chi connectivity index (χ1n) is 26.5. The number of hydrogen-bond donors (Lipinski definition) is 16. The molecule has 4 rings (SSSR count). The van der Waals surface area contributed by atoms with Gasteiger partial charge in [0.2, 0.25) is 0 Å². The Balaban J connectivity index is 1.87. The molecule has 0 radical (unpaired) electrons. The Morgan fingerprint density at radius 3 is 0.865 bits per heavy atom. The summed E-state index contributed by atoms with van der Waals surface area (Å²) in [6.45, 7) is -0.864. The van der Waals surface area contributed by atoms with E-state index in [4.69, 9.17) is 47.4 Å². The molecular weight excluding hydrogens is 993 g/mol. The Morgan fingerprint density at radius 1 is 0.324 bits per heavy atom. The van der Waals surface area contributed by atoms with Crippen molar-refractivity contribution in [1.82, 2.24) is 0 Å². The maximum absolute atomic E-state index is 11.3. The van der Waals surface area contributed by atoms with E-state index in [9.17, 15) is 81.7 Å². The molecule has 16 N–H and O–H groups in total. The number of rotatable bonds is 35. The summed E-state index contributed by atoms with van der Waals surface area (Å²) < 4.78 is 61.1. The predicted octanol–water partition coefficient (Wildman–Crippen LogP) is -4.74. The minimum Gasteiger partial charge on any atom is -0.394 e. The zero-order valence-corrected chi connectivity index (χ0v) is 42.7. The highest BCUT2D eigenvalue weighted by atomic mass is 16.8. The first-order valence-corrected chi connectivity index (χ1v) is 26.5. The van der Waals surface area contributed by atoms with E-state index in [1.165, 1.54) is 0 Å². The van der Waals surface area contributed by atoms with Crippen LogP contribution in [0.4, 0.5) is 0 Å². The molecule has 438 valence electrons. The molecular formula is C48H90O26. The van der Waals surface area contributed by atoms with E-state index in [0.29, 0.717) is 25.7 Å². The normalized spacial score (nSPS) is 38.7. The third kappa shape index (κ3) is 18.5. The van der Waals surface area contributed by atoms with Gasteiger partial charge in [-0.2, -0.15) is 0 Å². The first-order chi connectivity index (χ1) is 35.5. The van der Waals surface area contributed by atoms with E-state index >= 15 is 0 Å². The zero-order chi connectivity index (χ0) is 54.5. The van der Waals surface area contributed by atoms with Crippen LogP contribution in [-0.2, 0) is 47.4 Å². The number of ether oxygens (including phenoxy) is 10. The minimum atomic E-state index is -2.02. The van der Waals surface area contributed by atoms with Gasteiger partial charge in [-0.15, -0.1) is 0 Å². The minimum absolute atomic E-state index is 0.0648. The first kappa shape index (κ1) is 65.5. The topological polar surface area (TPSA) is 416 Å². The lowest BCUT2D eigenvalue weighted by molar-refractivity contribution is -0.351. The van der Waals surface area contributed by atoms with Crippen LogP contribution in [0, 0.1) is 0 Å². The second-order valence-corrected chi connectivity index (χ2v) is 19.7. The van der Waals surface area contributed by atoms with Crippen molar-refractivity contribution in [2.45, 2.75) is 251 Å². The highest BCUT2D eigenvalue weighted by Gasteiger charge is 2.52.